The zero-order valence-electron chi connectivity index (χ0n) is 15.7. The fourth-order valence-electron chi connectivity index (χ4n) is 3.12. The molecule has 7 heteroatoms. The molecule has 0 radical (unpaired) electrons. The van der Waals surface area contributed by atoms with Crippen molar-refractivity contribution in [1.82, 2.24) is 4.98 Å². The van der Waals surface area contributed by atoms with Gasteiger partial charge >= 0.3 is 5.97 Å². The molecule has 2 N–H and O–H groups in total. The van der Waals surface area contributed by atoms with E-state index in [-0.39, 0.29) is 16.0 Å². The van der Waals surface area contributed by atoms with E-state index in [0.29, 0.717) is 5.69 Å². The van der Waals surface area contributed by atoms with E-state index >= 15 is 0 Å². The Kier molecular flexibility index (Phi) is 5.20. The highest BCUT2D eigenvalue weighted by atomic mass is 32.2. The summed E-state index contributed by atoms with van der Waals surface area (Å²) in [5.41, 5.74) is 4.49. The number of rotatable bonds is 5. The number of aromatic nitrogens is 1. The summed E-state index contributed by atoms with van der Waals surface area (Å²) in [7, 11) is -3.93. The molecule has 28 heavy (non-hydrogen) atoms. The number of carboxylic acid groups (broad SMARTS) is 1. The summed E-state index contributed by atoms with van der Waals surface area (Å²) in [6.07, 6.45) is 3.51. The van der Waals surface area contributed by atoms with Crippen LogP contribution < -0.4 is 4.72 Å². The molecule has 1 heterocycles. The second-order valence-electron chi connectivity index (χ2n) is 6.56. The minimum absolute atomic E-state index is 0.0403. The molecular weight excluding hydrogens is 376 g/mol. The number of nitrogens with one attached hydrogen (secondary N) is 1. The van der Waals surface area contributed by atoms with Crippen LogP contribution in [0.5, 0.6) is 0 Å². The highest BCUT2D eigenvalue weighted by molar-refractivity contribution is 7.92. The summed E-state index contributed by atoms with van der Waals surface area (Å²) in [6.45, 7) is 5.37. The number of sulfonamides is 1. The number of pyridine rings is 1. The molecule has 6 nitrogen and oxygen atoms in total. The highest BCUT2D eigenvalue weighted by Crippen LogP contribution is 2.29. The Morgan fingerprint density at radius 1 is 1.00 bits per heavy atom. The molecule has 0 bridgehead atoms. The van der Waals surface area contributed by atoms with E-state index in [1.165, 1.54) is 25.1 Å². The molecule has 0 aliphatic carbocycles. The van der Waals surface area contributed by atoms with Crippen LogP contribution in [0.15, 0.2) is 59.8 Å². The van der Waals surface area contributed by atoms with Crippen molar-refractivity contribution >= 4 is 21.7 Å². The smallest absolute Gasteiger partial charge is 0.335 e. The zero-order valence-corrected chi connectivity index (χ0v) is 16.5. The molecule has 3 rings (SSSR count). The number of anilines is 1. The van der Waals surface area contributed by atoms with Crippen molar-refractivity contribution < 1.29 is 18.3 Å². The van der Waals surface area contributed by atoms with Crippen LogP contribution in [0.25, 0.3) is 11.1 Å². The number of hydrogen-bond donors (Lipinski definition) is 2. The summed E-state index contributed by atoms with van der Waals surface area (Å²) in [6, 6.07) is 11.4. The average Bonchev–Trinajstić information content (AvgIpc) is 2.62. The van der Waals surface area contributed by atoms with Gasteiger partial charge in [-0.15, -0.1) is 0 Å². The maximum atomic E-state index is 12.8. The first-order chi connectivity index (χ1) is 13.2. The van der Waals surface area contributed by atoms with Crippen LogP contribution in [0.4, 0.5) is 5.69 Å². The van der Waals surface area contributed by atoms with Gasteiger partial charge in [0.15, 0.2) is 0 Å². The maximum absolute atomic E-state index is 12.8. The third-order valence-corrected chi connectivity index (χ3v) is 6.14. The Morgan fingerprint density at radius 2 is 1.75 bits per heavy atom. The van der Waals surface area contributed by atoms with Crippen molar-refractivity contribution in [2.75, 3.05) is 4.72 Å². The van der Waals surface area contributed by atoms with Crippen molar-refractivity contribution in [2.24, 2.45) is 0 Å². The Morgan fingerprint density at radius 3 is 2.39 bits per heavy atom. The zero-order chi connectivity index (χ0) is 20.5. The Hall–Kier alpha value is -3.19. The fraction of sp³-hybridized carbons (Fsp3) is 0.143. The summed E-state index contributed by atoms with van der Waals surface area (Å²) in [5.74, 6) is -1.17. The van der Waals surface area contributed by atoms with Gasteiger partial charge < -0.3 is 5.11 Å². The summed E-state index contributed by atoms with van der Waals surface area (Å²) in [5, 5.41) is 9.22. The molecule has 2 aromatic carbocycles. The normalized spacial score (nSPS) is 11.2. The van der Waals surface area contributed by atoms with E-state index in [2.05, 4.69) is 9.71 Å². The third-order valence-electron chi connectivity index (χ3n) is 4.61. The molecule has 0 spiro atoms. The van der Waals surface area contributed by atoms with Crippen molar-refractivity contribution in [1.29, 1.82) is 0 Å². The Balaban J connectivity index is 1.96. The first-order valence-corrected chi connectivity index (χ1v) is 10.1. The van der Waals surface area contributed by atoms with Crippen molar-refractivity contribution in [2.45, 2.75) is 25.7 Å². The quantitative estimate of drug-likeness (QED) is 0.675. The van der Waals surface area contributed by atoms with Crippen molar-refractivity contribution in [3.05, 3.63) is 77.1 Å². The highest BCUT2D eigenvalue weighted by Gasteiger charge is 2.21. The second-order valence-corrected chi connectivity index (χ2v) is 8.21. The molecule has 0 fully saturated rings. The van der Waals surface area contributed by atoms with Crippen molar-refractivity contribution in [3.8, 4) is 11.1 Å². The molecule has 3 aromatic rings. The first kappa shape index (κ1) is 19.6. The lowest BCUT2D eigenvalue weighted by atomic mass is 9.98. The van der Waals surface area contributed by atoms with Gasteiger partial charge in [-0.2, -0.15) is 0 Å². The van der Waals surface area contributed by atoms with E-state index in [4.69, 9.17) is 0 Å². The Labute approximate surface area is 163 Å². The number of carbonyl (C=O) groups is 1. The molecule has 0 aliphatic heterocycles. The van der Waals surface area contributed by atoms with Crippen molar-refractivity contribution in [3.63, 3.8) is 0 Å². The van der Waals surface area contributed by atoms with E-state index in [1.54, 1.807) is 24.5 Å². The van der Waals surface area contributed by atoms with Gasteiger partial charge in [-0.1, -0.05) is 12.1 Å². The van der Waals surface area contributed by atoms with E-state index in [0.717, 1.165) is 22.3 Å². The minimum atomic E-state index is -3.93. The monoisotopic (exact) mass is 396 g/mol. The largest absolute Gasteiger partial charge is 0.478 e. The number of benzene rings is 2. The van der Waals surface area contributed by atoms with Crippen LogP contribution in [0.2, 0.25) is 0 Å². The fourth-order valence-corrected chi connectivity index (χ4v) is 4.44. The number of carboxylic acids is 1. The SMILES string of the molecule is Cc1cc(NS(=O)(=O)c2cccc(C(=O)O)c2C)ccc1-c1cnccc1C. The molecular formula is C21H20N2O4S. The lowest BCUT2D eigenvalue weighted by Gasteiger charge is -2.14. The second kappa shape index (κ2) is 7.44. The molecule has 0 atom stereocenters. The lowest BCUT2D eigenvalue weighted by Crippen LogP contribution is -2.16. The summed E-state index contributed by atoms with van der Waals surface area (Å²) in [4.78, 5) is 15.4. The van der Waals surface area contributed by atoms with Gasteiger partial charge in [0.2, 0.25) is 0 Å². The van der Waals surface area contributed by atoms with Crippen LogP contribution in [-0.2, 0) is 10.0 Å². The van der Waals surface area contributed by atoms with Crippen LogP contribution >= 0.6 is 0 Å². The predicted molar refractivity (Wildman–Crippen MR) is 108 cm³/mol. The van der Waals surface area contributed by atoms with Gasteiger partial charge in [0.1, 0.15) is 0 Å². The molecule has 0 saturated carbocycles. The van der Waals surface area contributed by atoms with Gasteiger partial charge in [-0.3, -0.25) is 9.71 Å². The van der Waals surface area contributed by atoms with E-state index in [9.17, 15) is 18.3 Å². The van der Waals surface area contributed by atoms with Gasteiger partial charge in [0.25, 0.3) is 10.0 Å². The molecule has 0 saturated heterocycles. The van der Waals surface area contributed by atoms with Crippen LogP contribution in [0.1, 0.15) is 27.0 Å². The average molecular weight is 396 g/mol. The summed E-state index contributed by atoms with van der Waals surface area (Å²) >= 11 is 0. The van der Waals surface area contributed by atoms with E-state index in [1.807, 2.05) is 26.0 Å². The van der Waals surface area contributed by atoms with E-state index < -0.39 is 16.0 Å². The van der Waals surface area contributed by atoms with Gasteiger partial charge in [0.05, 0.1) is 10.5 Å². The standard InChI is InChI=1S/C21H20N2O4S/c1-13-9-10-22-12-19(13)17-8-7-16(11-14(17)2)23-28(26,27)20-6-4-5-18(15(20)3)21(24)25/h4-12,23H,1-3H3,(H,24,25). The first-order valence-electron chi connectivity index (χ1n) is 8.58. The molecule has 0 unspecified atom stereocenters. The number of hydrogen-bond acceptors (Lipinski definition) is 4. The minimum Gasteiger partial charge on any atom is -0.478 e. The van der Waals surface area contributed by atoms with Gasteiger partial charge in [-0.25, -0.2) is 13.2 Å². The predicted octanol–water partition coefficient (Wildman–Crippen LogP) is 4.17. The molecule has 1 aromatic heterocycles. The van der Waals surface area contributed by atoms with Crippen LogP contribution in [0.3, 0.4) is 0 Å². The molecule has 0 amide bonds. The maximum Gasteiger partial charge on any atom is 0.335 e. The number of nitrogens with zero attached hydrogens (tertiary/aromatic N) is 1. The Bertz CT molecular complexity index is 1170. The topological polar surface area (TPSA) is 96.4 Å². The lowest BCUT2D eigenvalue weighted by molar-refractivity contribution is 0.0696. The molecule has 0 aliphatic rings. The van der Waals surface area contributed by atoms with Gasteiger partial charge in [0, 0.05) is 23.6 Å². The third kappa shape index (κ3) is 3.75. The van der Waals surface area contributed by atoms with Crippen LogP contribution in [-0.4, -0.2) is 24.5 Å². The van der Waals surface area contributed by atoms with Crippen LogP contribution in [0, 0.1) is 20.8 Å². The van der Waals surface area contributed by atoms with Gasteiger partial charge in [-0.05, 0) is 73.4 Å². The number of aryl methyl sites for hydroxylation is 2. The number of aromatic carboxylic acids is 1. The molecule has 144 valence electrons. The summed E-state index contributed by atoms with van der Waals surface area (Å²) < 4.78 is 28.1.